The molecular formula is C29H42N3O4P. The second-order valence-electron chi connectivity index (χ2n) is 13.9. The zero-order chi connectivity index (χ0) is 26.9. The van der Waals surface area contributed by atoms with E-state index in [9.17, 15) is 14.5 Å². The number of fused-ring (bicyclic) bond motifs is 3. The number of amides is 1. The molecule has 0 spiro atoms. The van der Waals surface area contributed by atoms with Crippen molar-refractivity contribution in [2.24, 2.45) is 11.3 Å². The Labute approximate surface area is 220 Å². The van der Waals surface area contributed by atoms with Crippen molar-refractivity contribution in [3.8, 4) is 0 Å². The van der Waals surface area contributed by atoms with Gasteiger partial charge in [-0.2, -0.15) is 4.98 Å². The third-order valence-electron chi connectivity index (χ3n) is 9.20. The first-order chi connectivity index (χ1) is 17.1. The first-order valence-electron chi connectivity index (χ1n) is 13.7. The molecule has 7 nitrogen and oxygen atoms in total. The van der Waals surface area contributed by atoms with Crippen molar-refractivity contribution >= 4 is 24.0 Å². The Hall–Kier alpha value is -1.98. The highest BCUT2D eigenvalue weighted by Gasteiger charge is 2.54. The number of hydrogen-bond acceptors (Lipinski definition) is 6. The van der Waals surface area contributed by atoms with Gasteiger partial charge in [0.2, 0.25) is 11.8 Å². The lowest BCUT2D eigenvalue weighted by molar-refractivity contribution is -0.137. The van der Waals surface area contributed by atoms with Gasteiger partial charge in [0, 0.05) is 34.3 Å². The van der Waals surface area contributed by atoms with E-state index >= 15 is 0 Å². The molecule has 1 heterocycles. The number of carbonyl (C=O) groups excluding carboxylic acids is 1. The minimum atomic E-state index is -2.47. The summed E-state index contributed by atoms with van der Waals surface area (Å²) in [5, 5.41) is 15.4. The topological polar surface area (TPSA) is 96.5 Å². The molecule has 2 aromatic rings. The van der Waals surface area contributed by atoms with Crippen LogP contribution in [0.15, 0.2) is 28.8 Å². The zero-order valence-corrected chi connectivity index (χ0v) is 24.1. The van der Waals surface area contributed by atoms with Crippen molar-refractivity contribution in [3.63, 3.8) is 0 Å². The first kappa shape index (κ1) is 26.6. The lowest BCUT2D eigenvalue weighted by atomic mass is 9.53. The standard InChI is InChI=1S/C29H42N3O4P/c1-26(2,3)24-30-25(36-31-24)29-13-10-28(11-14-29,12-15-29)19-32(23(33)20-17-27(4,34)18-20)21-8-7-9-22(16-21)37(5,6)35/h7-9,16,20,34H,10-15,17-19H2,1-6H3. The Morgan fingerprint density at radius 2 is 1.76 bits per heavy atom. The SMILES string of the molecule is CC1(O)CC(C(=O)N(CC23CCC(c4nc(C(C)(C)C)no4)(CC2)CC3)c2cccc(P(C)(C)=O)c2)C1. The van der Waals surface area contributed by atoms with Gasteiger partial charge in [0.25, 0.3) is 0 Å². The van der Waals surface area contributed by atoms with E-state index in [1.54, 1.807) is 20.3 Å². The Morgan fingerprint density at radius 3 is 2.27 bits per heavy atom. The molecule has 0 radical (unpaired) electrons. The highest BCUT2D eigenvalue weighted by Crippen LogP contribution is 2.58. The molecule has 4 fully saturated rings. The van der Waals surface area contributed by atoms with Crippen LogP contribution in [0.2, 0.25) is 0 Å². The van der Waals surface area contributed by atoms with E-state index in [-0.39, 0.29) is 28.1 Å². The number of anilines is 1. The summed E-state index contributed by atoms with van der Waals surface area (Å²) in [6.45, 7) is 12.3. The van der Waals surface area contributed by atoms with Gasteiger partial charge in [0.1, 0.15) is 7.14 Å². The largest absolute Gasteiger partial charge is 0.390 e. The quantitative estimate of drug-likeness (QED) is 0.505. The zero-order valence-electron chi connectivity index (χ0n) is 23.2. The van der Waals surface area contributed by atoms with Crippen LogP contribution in [0.3, 0.4) is 0 Å². The Kier molecular flexibility index (Phi) is 6.31. The van der Waals surface area contributed by atoms with Gasteiger partial charge in [-0.25, -0.2) is 0 Å². The average Bonchev–Trinajstić information content (AvgIpc) is 3.33. The van der Waals surface area contributed by atoms with E-state index in [0.717, 1.165) is 61.2 Å². The smallest absolute Gasteiger partial charge is 0.232 e. The molecule has 6 rings (SSSR count). The molecular weight excluding hydrogens is 485 g/mol. The van der Waals surface area contributed by atoms with E-state index in [0.29, 0.717) is 19.4 Å². The van der Waals surface area contributed by atoms with Gasteiger partial charge in [-0.15, -0.1) is 0 Å². The minimum absolute atomic E-state index is 0.0364. The Bertz CT molecular complexity index is 1210. The number of hydrogen-bond donors (Lipinski definition) is 1. The number of benzene rings is 1. The van der Waals surface area contributed by atoms with Crippen molar-refractivity contribution in [2.75, 3.05) is 24.8 Å². The summed E-state index contributed by atoms with van der Waals surface area (Å²) in [6.07, 6.45) is 6.95. The van der Waals surface area contributed by atoms with E-state index < -0.39 is 12.7 Å². The molecule has 0 unspecified atom stereocenters. The van der Waals surface area contributed by atoms with Crippen molar-refractivity contribution in [1.29, 1.82) is 0 Å². The average molecular weight is 528 g/mol. The van der Waals surface area contributed by atoms with Crippen LogP contribution in [0.25, 0.3) is 0 Å². The molecule has 1 aromatic carbocycles. The van der Waals surface area contributed by atoms with Crippen molar-refractivity contribution in [1.82, 2.24) is 10.1 Å². The number of rotatable bonds is 6. The molecule has 0 saturated heterocycles. The molecule has 1 N–H and O–H groups in total. The van der Waals surface area contributed by atoms with Crippen LogP contribution >= 0.6 is 7.14 Å². The summed E-state index contributed by atoms with van der Waals surface area (Å²) in [6, 6.07) is 7.71. The maximum atomic E-state index is 13.8. The molecule has 2 bridgehead atoms. The van der Waals surface area contributed by atoms with E-state index in [2.05, 4.69) is 25.9 Å². The van der Waals surface area contributed by atoms with Gasteiger partial charge in [-0.05, 0) is 89.2 Å². The van der Waals surface area contributed by atoms with Gasteiger partial charge >= 0.3 is 0 Å². The number of nitrogens with zero attached hydrogens (tertiary/aromatic N) is 3. The normalized spacial score (nSPS) is 31.7. The van der Waals surface area contributed by atoms with Crippen LogP contribution in [0.1, 0.15) is 90.8 Å². The lowest BCUT2D eigenvalue weighted by Gasteiger charge is -2.53. The summed E-state index contributed by atoms with van der Waals surface area (Å²) in [4.78, 5) is 20.6. The first-order valence-corrected chi connectivity index (χ1v) is 16.3. The molecule has 4 saturated carbocycles. The Morgan fingerprint density at radius 1 is 1.14 bits per heavy atom. The molecule has 4 aliphatic carbocycles. The van der Waals surface area contributed by atoms with Gasteiger partial charge in [-0.1, -0.05) is 38.1 Å². The summed E-state index contributed by atoms with van der Waals surface area (Å²) in [7, 11) is -2.47. The van der Waals surface area contributed by atoms with E-state index in [4.69, 9.17) is 9.51 Å². The van der Waals surface area contributed by atoms with Crippen LogP contribution in [0.4, 0.5) is 5.69 Å². The van der Waals surface area contributed by atoms with Gasteiger partial charge < -0.3 is 19.1 Å². The fourth-order valence-electron chi connectivity index (χ4n) is 6.59. The molecule has 0 aliphatic heterocycles. The second-order valence-corrected chi connectivity index (χ2v) is 17.1. The highest BCUT2D eigenvalue weighted by atomic mass is 31.2. The molecule has 4 aliphatic rings. The summed E-state index contributed by atoms with van der Waals surface area (Å²) in [5.74, 6) is 1.45. The maximum absolute atomic E-state index is 13.8. The third kappa shape index (κ3) is 5.06. The molecule has 1 aromatic heterocycles. The van der Waals surface area contributed by atoms with Crippen LogP contribution in [-0.4, -0.2) is 46.6 Å². The fraction of sp³-hybridized carbons (Fsp3) is 0.690. The second kappa shape index (κ2) is 8.77. The van der Waals surface area contributed by atoms with Crippen molar-refractivity contribution in [3.05, 3.63) is 36.0 Å². The van der Waals surface area contributed by atoms with Crippen LogP contribution in [0, 0.1) is 11.3 Å². The monoisotopic (exact) mass is 527 g/mol. The predicted molar refractivity (Wildman–Crippen MR) is 146 cm³/mol. The molecule has 202 valence electrons. The van der Waals surface area contributed by atoms with E-state index in [1.807, 2.05) is 29.2 Å². The summed E-state index contributed by atoms with van der Waals surface area (Å²) in [5.41, 5.74) is -0.110. The molecule has 0 atom stereocenters. The molecule has 37 heavy (non-hydrogen) atoms. The maximum Gasteiger partial charge on any atom is 0.232 e. The lowest BCUT2D eigenvalue weighted by Crippen LogP contribution is -2.54. The van der Waals surface area contributed by atoms with Crippen molar-refractivity contribution in [2.45, 2.75) is 95.5 Å². The van der Waals surface area contributed by atoms with Gasteiger partial charge in [0.15, 0.2) is 5.82 Å². The van der Waals surface area contributed by atoms with Gasteiger partial charge in [-0.3, -0.25) is 4.79 Å². The fourth-order valence-corrected chi connectivity index (χ4v) is 7.48. The Balaban J connectivity index is 1.39. The predicted octanol–water partition coefficient (Wildman–Crippen LogP) is 5.40. The van der Waals surface area contributed by atoms with Crippen LogP contribution in [-0.2, 0) is 20.2 Å². The third-order valence-corrected chi connectivity index (χ3v) is 10.7. The molecule has 1 amide bonds. The van der Waals surface area contributed by atoms with Crippen molar-refractivity contribution < 1.29 is 19.0 Å². The number of carbonyl (C=O) groups is 1. The van der Waals surface area contributed by atoms with Gasteiger partial charge in [0.05, 0.1) is 5.60 Å². The van der Waals surface area contributed by atoms with Crippen LogP contribution in [0.5, 0.6) is 0 Å². The number of aliphatic hydroxyl groups is 1. The van der Waals surface area contributed by atoms with E-state index in [1.165, 1.54) is 0 Å². The minimum Gasteiger partial charge on any atom is -0.390 e. The number of aromatic nitrogens is 2. The highest BCUT2D eigenvalue weighted by molar-refractivity contribution is 7.70. The molecule has 8 heteroatoms. The van der Waals surface area contributed by atoms with Crippen LogP contribution < -0.4 is 10.2 Å². The summed E-state index contributed by atoms with van der Waals surface area (Å²) < 4.78 is 18.7. The summed E-state index contributed by atoms with van der Waals surface area (Å²) >= 11 is 0.